The van der Waals surface area contributed by atoms with Crippen molar-refractivity contribution in [1.29, 1.82) is 0 Å². The number of alkyl carbamates (subject to hydrolysis) is 1. The standard InChI is InChI=1S/C25H21ClN2O4/c1-31-24(29)17-13-16(23(26)28-14-17)7-6-12-27-25(30)32-15-22-20-10-4-2-8-18(20)19-9-3-5-11-21(19)22/h2-11,13-14,22H,12,15H2,1H3,(H,27,30). The molecule has 1 aliphatic carbocycles. The number of pyridine rings is 1. The van der Waals surface area contributed by atoms with Crippen LogP contribution in [0.2, 0.25) is 5.15 Å². The predicted molar refractivity (Wildman–Crippen MR) is 123 cm³/mol. The number of methoxy groups -OCH3 is 1. The maximum absolute atomic E-state index is 12.2. The molecule has 0 radical (unpaired) electrons. The maximum atomic E-state index is 12.2. The zero-order valence-corrected chi connectivity index (χ0v) is 18.1. The van der Waals surface area contributed by atoms with E-state index >= 15 is 0 Å². The van der Waals surface area contributed by atoms with Crippen molar-refractivity contribution < 1.29 is 19.1 Å². The molecule has 32 heavy (non-hydrogen) atoms. The zero-order valence-electron chi connectivity index (χ0n) is 17.4. The van der Waals surface area contributed by atoms with Crippen molar-refractivity contribution in [2.75, 3.05) is 20.3 Å². The Morgan fingerprint density at radius 1 is 1.09 bits per heavy atom. The van der Waals surface area contributed by atoms with Gasteiger partial charge >= 0.3 is 12.1 Å². The summed E-state index contributed by atoms with van der Waals surface area (Å²) in [5, 5.41) is 2.94. The topological polar surface area (TPSA) is 77.5 Å². The number of nitrogens with zero attached hydrogens (tertiary/aromatic N) is 1. The number of carbonyl (C=O) groups is 2. The van der Waals surface area contributed by atoms with E-state index in [0.29, 0.717) is 11.1 Å². The summed E-state index contributed by atoms with van der Waals surface area (Å²) in [6, 6.07) is 17.9. The van der Waals surface area contributed by atoms with Gasteiger partial charge in [0.2, 0.25) is 0 Å². The number of halogens is 1. The van der Waals surface area contributed by atoms with E-state index in [1.54, 1.807) is 18.2 Å². The molecule has 4 rings (SSSR count). The molecule has 0 aliphatic heterocycles. The Hall–Kier alpha value is -3.64. The molecule has 1 aromatic heterocycles. The number of amides is 1. The molecule has 0 fully saturated rings. The number of nitrogens with one attached hydrogen (secondary N) is 1. The third kappa shape index (κ3) is 4.50. The highest BCUT2D eigenvalue weighted by Crippen LogP contribution is 2.44. The molecule has 162 valence electrons. The lowest BCUT2D eigenvalue weighted by atomic mass is 9.98. The summed E-state index contributed by atoms with van der Waals surface area (Å²) in [7, 11) is 1.30. The van der Waals surface area contributed by atoms with Gasteiger partial charge in [-0.1, -0.05) is 72.3 Å². The van der Waals surface area contributed by atoms with E-state index in [-0.39, 0.29) is 24.2 Å². The van der Waals surface area contributed by atoms with E-state index in [0.717, 1.165) is 11.1 Å². The smallest absolute Gasteiger partial charge is 0.407 e. The molecule has 0 saturated heterocycles. The summed E-state index contributed by atoms with van der Waals surface area (Å²) < 4.78 is 10.2. The van der Waals surface area contributed by atoms with Crippen LogP contribution in [0.3, 0.4) is 0 Å². The van der Waals surface area contributed by atoms with Gasteiger partial charge in [0.1, 0.15) is 11.8 Å². The number of benzene rings is 2. The van der Waals surface area contributed by atoms with Crippen molar-refractivity contribution in [3.05, 3.63) is 94.3 Å². The van der Waals surface area contributed by atoms with E-state index in [1.807, 2.05) is 24.3 Å². The molecule has 7 heteroatoms. The quantitative estimate of drug-likeness (QED) is 0.420. The average Bonchev–Trinajstić information content (AvgIpc) is 3.14. The Morgan fingerprint density at radius 2 is 1.75 bits per heavy atom. The maximum Gasteiger partial charge on any atom is 0.407 e. The molecule has 0 spiro atoms. The SMILES string of the molecule is COC(=O)c1cnc(Cl)c(C=CCNC(=O)OCC2c3ccccc3-c3ccccc32)c1. The third-order valence-electron chi connectivity index (χ3n) is 5.29. The number of ether oxygens (including phenoxy) is 2. The van der Waals surface area contributed by atoms with Crippen molar-refractivity contribution in [3.63, 3.8) is 0 Å². The molecule has 0 atom stereocenters. The molecular weight excluding hydrogens is 428 g/mol. The van der Waals surface area contributed by atoms with Crippen LogP contribution in [0.25, 0.3) is 17.2 Å². The molecule has 6 nitrogen and oxygen atoms in total. The van der Waals surface area contributed by atoms with Crippen molar-refractivity contribution in [2.45, 2.75) is 5.92 Å². The van der Waals surface area contributed by atoms with Gasteiger partial charge in [-0.05, 0) is 28.3 Å². The van der Waals surface area contributed by atoms with Crippen LogP contribution in [0.4, 0.5) is 4.79 Å². The number of aromatic nitrogens is 1. The summed E-state index contributed by atoms with van der Waals surface area (Å²) >= 11 is 6.06. The Labute approximate surface area is 190 Å². The first kappa shape index (κ1) is 21.6. The van der Waals surface area contributed by atoms with Crippen molar-refractivity contribution in [2.24, 2.45) is 0 Å². The lowest BCUT2D eigenvalue weighted by Gasteiger charge is -2.14. The van der Waals surface area contributed by atoms with Gasteiger partial charge in [-0.25, -0.2) is 14.6 Å². The van der Waals surface area contributed by atoms with Gasteiger partial charge in [-0.2, -0.15) is 0 Å². The number of fused-ring (bicyclic) bond motifs is 3. The lowest BCUT2D eigenvalue weighted by molar-refractivity contribution is 0.0600. The van der Waals surface area contributed by atoms with Crippen LogP contribution in [-0.4, -0.2) is 37.3 Å². The number of esters is 1. The fourth-order valence-electron chi connectivity index (χ4n) is 3.79. The highest BCUT2D eigenvalue weighted by Gasteiger charge is 2.28. The monoisotopic (exact) mass is 448 g/mol. The fourth-order valence-corrected chi connectivity index (χ4v) is 3.96. The summed E-state index contributed by atoms with van der Waals surface area (Å²) in [5.41, 5.74) is 5.52. The summed E-state index contributed by atoms with van der Waals surface area (Å²) in [4.78, 5) is 27.8. The van der Waals surface area contributed by atoms with Crippen LogP contribution in [0.1, 0.15) is 33.0 Å². The largest absolute Gasteiger partial charge is 0.465 e. The first-order valence-corrected chi connectivity index (χ1v) is 10.5. The van der Waals surface area contributed by atoms with Crippen LogP contribution >= 0.6 is 11.6 Å². The Bertz CT molecular complexity index is 1150. The molecule has 1 heterocycles. The summed E-state index contributed by atoms with van der Waals surface area (Å²) in [6.07, 6.45) is 4.21. The van der Waals surface area contributed by atoms with Crippen LogP contribution in [-0.2, 0) is 9.47 Å². The second-order valence-electron chi connectivity index (χ2n) is 7.20. The van der Waals surface area contributed by atoms with Crippen molar-refractivity contribution in [1.82, 2.24) is 10.3 Å². The number of hydrogen-bond acceptors (Lipinski definition) is 5. The Kier molecular flexibility index (Phi) is 6.52. The Balaban J connectivity index is 1.33. The summed E-state index contributed by atoms with van der Waals surface area (Å²) in [6.45, 7) is 0.482. The van der Waals surface area contributed by atoms with E-state index in [1.165, 1.54) is 24.4 Å². The molecule has 3 aromatic rings. The van der Waals surface area contributed by atoms with Crippen LogP contribution in [0.5, 0.6) is 0 Å². The van der Waals surface area contributed by atoms with Gasteiger partial charge in [0.05, 0.1) is 12.7 Å². The summed E-state index contributed by atoms with van der Waals surface area (Å²) in [5.74, 6) is -0.491. The predicted octanol–water partition coefficient (Wildman–Crippen LogP) is 5.07. The first-order chi connectivity index (χ1) is 15.6. The number of rotatable bonds is 6. The normalized spacial score (nSPS) is 12.3. The van der Waals surface area contributed by atoms with Gasteiger partial charge in [-0.15, -0.1) is 0 Å². The van der Waals surface area contributed by atoms with Crippen molar-refractivity contribution >= 4 is 29.7 Å². The molecule has 0 unspecified atom stereocenters. The van der Waals surface area contributed by atoms with E-state index in [4.69, 9.17) is 16.3 Å². The minimum Gasteiger partial charge on any atom is -0.465 e. The van der Waals surface area contributed by atoms with Crippen LogP contribution in [0.15, 0.2) is 66.9 Å². The molecular formula is C25H21ClN2O4. The lowest BCUT2D eigenvalue weighted by Crippen LogP contribution is -2.26. The minimum atomic E-state index is -0.510. The molecule has 2 aromatic carbocycles. The molecule has 1 amide bonds. The average molecular weight is 449 g/mol. The Morgan fingerprint density at radius 3 is 2.41 bits per heavy atom. The van der Waals surface area contributed by atoms with Gasteiger partial charge in [0, 0.05) is 24.2 Å². The van der Waals surface area contributed by atoms with Gasteiger partial charge < -0.3 is 14.8 Å². The van der Waals surface area contributed by atoms with Gasteiger partial charge in [0.25, 0.3) is 0 Å². The molecule has 0 saturated carbocycles. The first-order valence-electron chi connectivity index (χ1n) is 10.1. The van der Waals surface area contributed by atoms with E-state index in [9.17, 15) is 9.59 Å². The highest BCUT2D eigenvalue weighted by atomic mass is 35.5. The molecule has 1 N–H and O–H groups in total. The van der Waals surface area contributed by atoms with Crippen molar-refractivity contribution in [3.8, 4) is 11.1 Å². The second kappa shape index (κ2) is 9.66. The van der Waals surface area contributed by atoms with Gasteiger partial charge in [-0.3, -0.25) is 0 Å². The zero-order chi connectivity index (χ0) is 22.5. The highest BCUT2D eigenvalue weighted by molar-refractivity contribution is 6.30. The fraction of sp³-hybridized carbons (Fsp3) is 0.160. The molecule has 0 bridgehead atoms. The number of carbonyl (C=O) groups excluding carboxylic acids is 2. The van der Waals surface area contributed by atoms with E-state index in [2.05, 4.69) is 39.3 Å². The second-order valence-corrected chi connectivity index (χ2v) is 7.56. The number of hydrogen-bond donors (Lipinski definition) is 1. The van der Waals surface area contributed by atoms with Gasteiger partial charge in [0.15, 0.2) is 0 Å². The van der Waals surface area contributed by atoms with Crippen LogP contribution in [0, 0.1) is 0 Å². The van der Waals surface area contributed by atoms with Crippen LogP contribution < -0.4 is 5.32 Å². The molecule has 1 aliphatic rings. The minimum absolute atomic E-state index is 0.00892. The third-order valence-corrected chi connectivity index (χ3v) is 5.61. The van der Waals surface area contributed by atoms with E-state index < -0.39 is 12.1 Å².